The highest BCUT2D eigenvalue weighted by atomic mass is 32.1. The maximum absolute atomic E-state index is 13.2. The lowest BCUT2D eigenvalue weighted by molar-refractivity contribution is -0.132. The van der Waals surface area contributed by atoms with Crippen LogP contribution >= 0.6 is 11.3 Å². The predicted molar refractivity (Wildman–Crippen MR) is 102 cm³/mol. The van der Waals surface area contributed by atoms with E-state index in [4.69, 9.17) is 9.47 Å². The van der Waals surface area contributed by atoms with Gasteiger partial charge in [-0.1, -0.05) is 17.4 Å². The minimum absolute atomic E-state index is 0.299. The number of esters is 1. The number of benzene rings is 2. The Labute approximate surface area is 158 Å². The smallest absolute Gasteiger partial charge is 0.308 e. The summed E-state index contributed by atoms with van der Waals surface area (Å²) in [6.45, 7) is 1.30. The summed E-state index contributed by atoms with van der Waals surface area (Å²) in [7, 11) is 1.46. The van der Waals surface area contributed by atoms with Crippen LogP contribution in [0.1, 0.15) is 12.5 Å². The highest BCUT2D eigenvalue weighted by Crippen LogP contribution is 2.29. The fraction of sp³-hybridized carbons (Fsp3) is 0.105. The Morgan fingerprint density at radius 1 is 1.19 bits per heavy atom. The number of halogens is 1. The van der Waals surface area contributed by atoms with E-state index in [9.17, 15) is 14.0 Å². The molecule has 1 heterocycles. The van der Waals surface area contributed by atoms with Crippen LogP contribution in [0.4, 0.5) is 9.52 Å². The maximum atomic E-state index is 13.2. The van der Waals surface area contributed by atoms with Gasteiger partial charge in [-0.05, 0) is 42.0 Å². The van der Waals surface area contributed by atoms with Crippen LogP contribution in [0.5, 0.6) is 11.5 Å². The van der Waals surface area contributed by atoms with Gasteiger partial charge in [0.2, 0.25) is 5.91 Å². The molecule has 0 aliphatic rings. The fourth-order valence-electron chi connectivity index (χ4n) is 2.30. The quantitative estimate of drug-likeness (QED) is 0.407. The van der Waals surface area contributed by atoms with Gasteiger partial charge in [-0.2, -0.15) is 0 Å². The minimum Gasteiger partial charge on any atom is -0.493 e. The summed E-state index contributed by atoms with van der Waals surface area (Å²) in [6.07, 6.45) is 2.93. The molecule has 27 heavy (non-hydrogen) atoms. The molecule has 0 radical (unpaired) electrons. The number of carbonyl (C=O) groups is 2. The number of amides is 1. The first-order valence-corrected chi connectivity index (χ1v) is 8.68. The average molecular weight is 386 g/mol. The van der Waals surface area contributed by atoms with Crippen LogP contribution in [0.15, 0.2) is 42.5 Å². The van der Waals surface area contributed by atoms with Gasteiger partial charge < -0.3 is 9.47 Å². The van der Waals surface area contributed by atoms with E-state index >= 15 is 0 Å². The molecular formula is C19H15FN2O4S. The van der Waals surface area contributed by atoms with Crippen LogP contribution in [-0.2, 0) is 9.59 Å². The molecule has 0 unspecified atom stereocenters. The highest BCUT2D eigenvalue weighted by molar-refractivity contribution is 7.22. The molecule has 0 fully saturated rings. The Bertz CT molecular complexity index is 1050. The van der Waals surface area contributed by atoms with Crippen molar-refractivity contribution in [3.8, 4) is 11.5 Å². The molecule has 6 nitrogen and oxygen atoms in total. The van der Waals surface area contributed by atoms with Crippen molar-refractivity contribution in [2.75, 3.05) is 12.4 Å². The first-order chi connectivity index (χ1) is 12.9. The van der Waals surface area contributed by atoms with E-state index in [-0.39, 0.29) is 11.7 Å². The van der Waals surface area contributed by atoms with Crippen LogP contribution in [0.2, 0.25) is 0 Å². The highest BCUT2D eigenvalue weighted by Gasteiger charge is 2.09. The molecule has 0 saturated heterocycles. The van der Waals surface area contributed by atoms with Crippen molar-refractivity contribution >= 4 is 44.6 Å². The number of nitrogens with zero attached hydrogens (tertiary/aromatic N) is 1. The summed E-state index contributed by atoms with van der Waals surface area (Å²) in [5.41, 5.74) is 1.30. The van der Waals surface area contributed by atoms with Crippen molar-refractivity contribution < 1.29 is 23.5 Å². The van der Waals surface area contributed by atoms with Gasteiger partial charge in [-0.25, -0.2) is 9.37 Å². The molecular weight excluding hydrogens is 371 g/mol. The van der Waals surface area contributed by atoms with Crippen LogP contribution in [0.3, 0.4) is 0 Å². The van der Waals surface area contributed by atoms with Crippen LogP contribution in [0.25, 0.3) is 16.3 Å². The number of anilines is 1. The Morgan fingerprint density at radius 3 is 2.74 bits per heavy atom. The van der Waals surface area contributed by atoms with Gasteiger partial charge in [0.25, 0.3) is 0 Å². The number of ether oxygens (including phenoxy) is 2. The van der Waals surface area contributed by atoms with Crippen molar-refractivity contribution in [2.45, 2.75) is 6.92 Å². The molecule has 0 atom stereocenters. The van der Waals surface area contributed by atoms with Crippen LogP contribution in [0, 0.1) is 5.82 Å². The molecule has 2 aromatic carbocycles. The van der Waals surface area contributed by atoms with E-state index in [1.807, 2.05) is 0 Å². The maximum Gasteiger partial charge on any atom is 0.308 e. The van der Waals surface area contributed by atoms with Crippen molar-refractivity contribution in [1.82, 2.24) is 4.98 Å². The molecule has 0 saturated carbocycles. The fourth-order valence-corrected chi connectivity index (χ4v) is 3.19. The third-order valence-corrected chi connectivity index (χ3v) is 4.38. The molecule has 0 spiro atoms. The summed E-state index contributed by atoms with van der Waals surface area (Å²) < 4.78 is 24.1. The number of aromatic nitrogens is 1. The number of methoxy groups -OCH3 is 1. The summed E-state index contributed by atoms with van der Waals surface area (Å²) in [5.74, 6) is -0.506. The number of thiazole rings is 1. The lowest BCUT2D eigenvalue weighted by atomic mass is 10.2. The molecule has 1 N–H and O–H groups in total. The standard InChI is InChI=1S/C19H15FN2O4S/c1-11(23)26-15-7-3-12(9-16(15)25-2)4-8-18(24)22-19-21-14-6-5-13(20)10-17(14)27-19/h3-10H,1-2H3,(H,21,22,24)/b8-4+. The summed E-state index contributed by atoms with van der Waals surface area (Å²) in [5, 5.41) is 3.03. The van der Waals surface area contributed by atoms with E-state index in [1.54, 1.807) is 30.3 Å². The van der Waals surface area contributed by atoms with E-state index < -0.39 is 5.97 Å². The monoisotopic (exact) mass is 386 g/mol. The summed E-state index contributed by atoms with van der Waals surface area (Å²) >= 11 is 1.19. The predicted octanol–water partition coefficient (Wildman–Crippen LogP) is 4.02. The van der Waals surface area contributed by atoms with E-state index in [2.05, 4.69) is 10.3 Å². The number of hydrogen-bond acceptors (Lipinski definition) is 6. The number of hydrogen-bond donors (Lipinski definition) is 1. The zero-order valence-corrected chi connectivity index (χ0v) is 15.3. The third-order valence-electron chi connectivity index (χ3n) is 3.45. The average Bonchev–Trinajstić information content (AvgIpc) is 3.01. The van der Waals surface area contributed by atoms with Gasteiger partial charge in [0.05, 0.1) is 17.3 Å². The van der Waals surface area contributed by atoms with E-state index in [0.29, 0.717) is 32.4 Å². The number of carbonyl (C=O) groups excluding carboxylic acids is 2. The third kappa shape index (κ3) is 4.68. The topological polar surface area (TPSA) is 77.5 Å². The largest absolute Gasteiger partial charge is 0.493 e. The zero-order valence-electron chi connectivity index (χ0n) is 14.5. The molecule has 3 rings (SSSR count). The molecule has 138 valence electrons. The Balaban J connectivity index is 1.71. The van der Waals surface area contributed by atoms with Gasteiger partial charge in [0, 0.05) is 13.0 Å². The number of nitrogens with one attached hydrogen (secondary N) is 1. The van der Waals surface area contributed by atoms with Gasteiger partial charge in [0.15, 0.2) is 16.6 Å². The van der Waals surface area contributed by atoms with Crippen molar-refractivity contribution in [1.29, 1.82) is 0 Å². The van der Waals surface area contributed by atoms with Gasteiger partial charge >= 0.3 is 5.97 Å². The summed E-state index contributed by atoms with van der Waals surface area (Å²) in [6, 6.07) is 9.16. The van der Waals surface area contributed by atoms with Crippen molar-refractivity contribution in [3.63, 3.8) is 0 Å². The molecule has 0 aliphatic carbocycles. The van der Waals surface area contributed by atoms with Crippen LogP contribution < -0.4 is 14.8 Å². The lowest BCUT2D eigenvalue weighted by Crippen LogP contribution is -2.07. The molecule has 8 heteroatoms. The molecule has 1 aromatic heterocycles. The van der Waals surface area contributed by atoms with E-state index in [1.165, 1.54) is 43.6 Å². The summed E-state index contributed by atoms with van der Waals surface area (Å²) in [4.78, 5) is 27.4. The Morgan fingerprint density at radius 2 is 2.00 bits per heavy atom. The van der Waals surface area contributed by atoms with Gasteiger partial charge in [0.1, 0.15) is 5.82 Å². The first-order valence-electron chi connectivity index (χ1n) is 7.86. The zero-order chi connectivity index (χ0) is 19.4. The van der Waals surface area contributed by atoms with Crippen LogP contribution in [-0.4, -0.2) is 24.0 Å². The molecule has 0 bridgehead atoms. The van der Waals surface area contributed by atoms with E-state index in [0.717, 1.165) is 0 Å². The lowest BCUT2D eigenvalue weighted by Gasteiger charge is -2.08. The molecule has 1 amide bonds. The van der Waals surface area contributed by atoms with Gasteiger partial charge in [-0.15, -0.1) is 0 Å². The number of fused-ring (bicyclic) bond motifs is 1. The minimum atomic E-state index is -0.452. The number of rotatable bonds is 5. The van der Waals surface area contributed by atoms with Crippen molar-refractivity contribution in [3.05, 3.63) is 53.9 Å². The first kappa shape index (κ1) is 18.5. The second-order valence-corrected chi connectivity index (χ2v) is 6.49. The van der Waals surface area contributed by atoms with Gasteiger partial charge in [-0.3, -0.25) is 14.9 Å². The Hall–Kier alpha value is -3.26. The molecule has 0 aliphatic heterocycles. The second kappa shape index (κ2) is 7.96. The SMILES string of the molecule is COc1cc(/C=C/C(=O)Nc2nc3ccc(F)cc3s2)ccc1OC(C)=O. The normalized spacial score (nSPS) is 10.9. The van der Waals surface area contributed by atoms with Crippen molar-refractivity contribution in [2.24, 2.45) is 0 Å². The molecule has 3 aromatic rings. The second-order valence-electron chi connectivity index (χ2n) is 5.46. The Kier molecular flexibility index (Phi) is 5.46.